The van der Waals surface area contributed by atoms with Crippen LogP contribution in [0.25, 0.3) is 0 Å². The molecule has 0 aromatic carbocycles. The van der Waals surface area contributed by atoms with E-state index >= 15 is 0 Å². The van der Waals surface area contributed by atoms with Crippen LogP contribution in [0.5, 0.6) is 0 Å². The van der Waals surface area contributed by atoms with Gasteiger partial charge in [-0.3, -0.25) is 9.47 Å². The largest absolute Gasteiger partial charge is 0.354 e. The van der Waals surface area contributed by atoms with Gasteiger partial charge in [0, 0.05) is 38.6 Å². The lowest BCUT2D eigenvalue weighted by atomic mass is 10.3. The van der Waals surface area contributed by atoms with Crippen LogP contribution in [-0.2, 0) is 6.54 Å². The van der Waals surface area contributed by atoms with E-state index in [9.17, 15) is 13.2 Å². The molecule has 1 fully saturated rings. The van der Waals surface area contributed by atoms with Crippen molar-refractivity contribution in [3.8, 4) is 0 Å². The molecular weight excluding hydrogens is 295 g/mol. The molecule has 2 aromatic rings. The highest BCUT2D eigenvalue weighted by molar-refractivity contribution is 5.38. The summed E-state index contributed by atoms with van der Waals surface area (Å²) in [5.74, 6) is 0.458. The zero-order valence-electron chi connectivity index (χ0n) is 11.9. The minimum Gasteiger partial charge on any atom is -0.354 e. The van der Waals surface area contributed by atoms with E-state index in [0.717, 1.165) is 4.57 Å². The third-order valence-electron chi connectivity index (χ3n) is 3.72. The maximum absolute atomic E-state index is 13.1. The van der Waals surface area contributed by atoms with Crippen LogP contribution in [0.4, 0.5) is 19.0 Å². The Morgan fingerprint density at radius 2 is 1.91 bits per heavy atom. The summed E-state index contributed by atoms with van der Waals surface area (Å²) < 4.78 is 39.6. The molecule has 0 bridgehead atoms. The molecule has 3 rings (SSSR count). The SMILES string of the molecule is Fc1cccc(N2CCN(Cc3nccn3C(F)F)CC2)n1. The lowest BCUT2D eigenvalue weighted by molar-refractivity contribution is 0.0637. The number of imidazole rings is 1. The van der Waals surface area contributed by atoms with Gasteiger partial charge in [0.25, 0.3) is 0 Å². The summed E-state index contributed by atoms with van der Waals surface area (Å²) in [5, 5.41) is 0. The van der Waals surface area contributed by atoms with E-state index in [2.05, 4.69) is 14.9 Å². The molecule has 0 aliphatic carbocycles. The zero-order valence-corrected chi connectivity index (χ0v) is 11.9. The normalized spacial score (nSPS) is 16.5. The number of rotatable bonds is 4. The second-order valence-corrected chi connectivity index (χ2v) is 5.11. The van der Waals surface area contributed by atoms with Crippen molar-refractivity contribution < 1.29 is 13.2 Å². The highest BCUT2D eigenvalue weighted by Crippen LogP contribution is 2.17. The Balaban J connectivity index is 1.59. The van der Waals surface area contributed by atoms with Crippen LogP contribution < -0.4 is 4.90 Å². The molecule has 1 aliphatic rings. The molecule has 0 radical (unpaired) electrons. The van der Waals surface area contributed by atoms with Crippen LogP contribution in [-0.4, -0.2) is 45.6 Å². The van der Waals surface area contributed by atoms with E-state index in [-0.39, 0.29) is 0 Å². The van der Waals surface area contributed by atoms with Crippen LogP contribution in [0, 0.1) is 5.95 Å². The summed E-state index contributed by atoms with van der Waals surface area (Å²) in [6.45, 7) is 0.525. The van der Waals surface area contributed by atoms with Crippen molar-refractivity contribution in [2.45, 2.75) is 13.1 Å². The first kappa shape index (κ1) is 14.8. The van der Waals surface area contributed by atoms with Crippen molar-refractivity contribution >= 4 is 5.82 Å². The van der Waals surface area contributed by atoms with Gasteiger partial charge in [0.05, 0.1) is 6.54 Å². The highest BCUT2D eigenvalue weighted by Gasteiger charge is 2.21. The van der Waals surface area contributed by atoms with Crippen LogP contribution >= 0.6 is 0 Å². The van der Waals surface area contributed by atoms with Gasteiger partial charge in [0.2, 0.25) is 5.95 Å². The zero-order chi connectivity index (χ0) is 15.5. The second-order valence-electron chi connectivity index (χ2n) is 5.11. The lowest BCUT2D eigenvalue weighted by Crippen LogP contribution is -2.46. The quantitative estimate of drug-likeness (QED) is 0.811. The smallest absolute Gasteiger partial charge is 0.319 e. The number of alkyl halides is 2. The summed E-state index contributed by atoms with van der Waals surface area (Å²) in [4.78, 5) is 11.9. The van der Waals surface area contributed by atoms with Gasteiger partial charge in [0.15, 0.2) is 0 Å². The molecule has 1 saturated heterocycles. The predicted octanol–water partition coefficient (Wildman–Crippen LogP) is 2.13. The number of piperazine rings is 1. The van der Waals surface area contributed by atoms with Gasteiger partial charge in [-0.25, -0.2) is 9.97 Å². The Kier molecular flexibility index (Phi) is 4.28. The van der Waals surface area contributed by atoms with E-state index in [0.29, 0.717) is 44.4 Å². The summed E-state index contributed by atoms with van der Waals surface area (Å²) in [6, 6.07) is 4.70. The van der Waals surface area contributed by atoms with E-state index in [4.69, 9.17) is 0 Å². The average Bonchev–Trinajstić information content (AvgIpc) is 2.96. The molecule has 0 amide bonds. The van der Waals surface area contributed by atoms with Crippen molar-refractivity contribution in [3.05, 3.63) is 42.4 Å². The molecule has 22 heavy (non-hydrogen) atoms. The molecule has 5 nitrogen and oxygen atoms in total. The van der Waals surface area contributed by atoms with Gasteiger partial charge in [-0.05, 0) is 12.1 Å². The number of nitrogens with zero attached hydrogens (tertiary/aromatic N) is 5. The molecule has 0 N–H and O–H groups in total. The van der Waals surface area contributed by atoms with E-state index in [1.54, 1.807) is 12.1 Å². The molecular formula is C14H16F3N5. The molecule has 1 aliphatic heterocycles. The van der Waals surface area contributed by atoms with Crippen molar-refractivity contribution in [1.29, 1.82) is 0 Å². The molecule has 3 heterocycles. The third kappa shape index (κ3) is 3.22. The minimum absolute atomic E-state index is 0.354. The average molecular weight is 311 g/mol. The van der Waals surface area contributed by atoms with Gasteiger partial charge in [-0.15, -0.1) is 0 Å². The first-order chi connectivity index (χ1) is 10.6. The summed E-state index contributed by atoms with van der Waals surface area (Å²) in [7, 11) is 0. The molecule has 118 valence electrons. The van der Waals surface area contributed by atoms with Gasteiger partial charge < -0.3 is 4.90 Å². The fraction of sp³-hybridized carbons (Fsp3) is 0.429. The first-order valence-electron chi connectivity index (χ1n) is 7.03. The molecule has 0 spiro atoms. The fourth-order valence-corrected chi connectivity index (χ4v) is 2.55. The fourth-order valence-electron chi connectivity index (χ4n) is 2.55. The van der Waals surface area contributed by atoms with Crippen LogP contribution in [0.3, 0.4) is 0 Å². The van der Waals surface area contributed by atoms with Crippen molar-refractivity contribution in [2.24, 2.45) is 0 Å². The highest BCUT2D eigenvalue weighted by atomic mass is 19.3. The number of pyridine rings is 1. The monoisotopic (exact) mass is 311 g/mol. The molecule has 0 unspecified atom stereocenters. The summed E-state index contributed by atoms with van der Waals surface area (Å²) >= 11 is 0. The lowest BCUT2D eigenvalue weighted by Gasteiger charge is -2.35. The van der Waals surface area contributed by atoms with Crippen LogP contribution in [0.15, 0.2) is 30.6 Å². The van der Waals surface area contributed by atoms with Crippen molar-refractivity contribution in [2.75, 3.05) is 31.1 Å². The maximum atomic E-state index is 13.1. The summed E-state index contributed by atoms with van der Waals surface area (Å²) in [6.07, 6.45) is 2.67. The number of halogens is 3. The molecule has 8 heteroatoms. The number of hydrogen-bond donors (Lipinski definition) is 0. The maximum Gasteiger partial charge on any atom is 0.319 e. The standard InChI is InChI=1S/C14H16F3N5/c15-11-2-1-3-12(19-11)21-8-6-20(7-9-21)10-13-18-4-5-22(13)14(16)17/h1-5,14H,6-10H2. The Labute approximate surface area is 126 Å². The number of aromatic nitrogens is 3. The Bertz CT molecular complexity index is 622. The molecule has 2 aromatic heterocycles. The Morgan fingerprint density at radius 3 is 2.59 bits per heavy atom. The van der Waals surface area contributed by atoms with Gasteiger partial charge in [-0.1, -0.05) is 6.07 Å². The Morgan fingerprint density at radius 1 is 1.14 bits per heavy atom. The topological polar surface area (TPSA) is 37.2 Å². The summed E-state index contributed by atoms with van der Waals surface area (Å²) in [5.41, 5.74) is 0. The third-order valence-corrected chi connectivity index (χ3v) is 3.72. The van der Waals surface area contributed by atoms with Crippen molar-refractivity contribution in [1.82, 2.24) is 19.4 Å². The van der Waals surface area contributed by atoms with Crippen LogP contribution in [0.2, 0.25) is 0 Å². The first-order valence-corrected chi connectivity index (χ1v) is 7.03. The van der Waals surface area contributed by atoms with Crippen molar-refractivity contribution in [3.63, 3.8) is 0 Å². The van der Waals surface area contributed by atoms with E-state index in [1.165, 1.54) is 18.5 Å². The van der Waals surface area contributed by atoms with Gasteiger partial charge in [0.1, 0.15) is 11.6 Å². The molecule has 0 saturated carbocycles. The van der Waals surface area contributed by atoms with Gasteiger partial charge >= 0.3 is 6.55 Å². The van der Waals surface area contributed by atoms with E-state index < -0.39 is 12.5 Å². The Hall–Kier alpha value is -2.09. The van der Waals surface area contributed by atoms with Gasteiger partial charge in [-0.2, -0.15) is 13.2 Å². The molecule has 0 atom stereocenters. The second kappa shape index (κ2) is 6.35. The predicted molar refractivity (Wildman–Crippen MR) is 75.2 cm³/mol. The minimum atomic E-state index is -2.57. The number of hydrogen-bond acceptors (Lipinski definition) is 4. The van der Waals surface area contributed by atoms with Crippen LogP contribution in [0.1, 0.15) is 12.4 Å². The van der Waals surface area contributed by atoms with E-state index in [1.807, 2.05) is 4.90 Å². The number of anilines is 1.